The predicted molar refractivity (Wildman–Crippen MR) is 79.5 cm³/mol. The van der Waals surface area contributed by atoms with E-state index in [1.807, 2.05) is 50.2 Å². The summed E-state index contributed by atoms with van der Waals surface area (Å²) < 4.78 is 11.3. The first kappa shape index (κ1) is 14.6. The van der Waals surface area contributed by atoms with Crippen LogP contribution < -0.4 is 0 Å². The number of hydrogen-bond donors (Lipinski definition) is 1. The van der Waals surface area contributed by atoms with Gasteiger partial charge in [-0.25, -0.2) is 0 Å². The fourth-order valence-corrected chi connectivity index (χ4v) is 2.16. The van der Waals surface area contributed by atoms with Gasteiger partial charge in [0.25, 0.3) is 0 Å². The fraction of sp³-hybridized carbons (Fsp3) is 0.294. The highest BCUT2D eigenvalue weighted by Crippen LogP contribution is 2.33. The minimum absolute atomic E-state index is 0.212. The average Bonchev–Trinajstić information content (AvgIpc) is 2.48. The van der Waals surface area contributed by atoms with E-state index in [1.165, 1.54) is 0 Å². The third-order valence-electron chi connectivity index (χ3n) is 3.01. The molecule has 0 aliphatic carbocycles. The van der Waals surface area contributed by atoms with E-state index >= 15 is 0 Å². The Morgan fingerprint density at radius 3 is 2.20 bits per heavy atom. The summed E-state index contributed by atoms with van der Waals surface area (Å²) in [5, 5.41) is 9.76. The molecule has 2 rings (SSSR count). The van der Waals surface area contributed by atoms with Crippen molar-refractivity contribution in [3.8, 4) is 16.9 Å². The van der Waals surface area contributed by atoms with Crippen molar-refractivity contribution in [3.05, 3.63) is 54.1 Å². The molecule has 0 radical (unpaired) electrons. The van der Waals surface area contributed by atoms with Crippen molar-refractivity contribution in [3.63, 3.8) is 0 Å². The highest BCUT2D eigenvalue weighted by Gasteiger charge is 2.17. The monoisotopic (exact) mass is 272 g/mol. The largest absolute Gasteiger partial charge is 0.508 e. The highest BCUT2D eigenvalue weighted by molar-refractivity contribution is 5.68. The molecule has 1 N–H and O–H groups in total. The van der Waals surface area contributed by atoms with E-state index < -0.39 is 6.29 Å². The van der Waals surface area contributed by atoms with Crippen molar-refractivity contribution in [1.29, 1.82) is 0 Å². The van der Waals surface area contributed by atoms with Crippen LogP contribution in [-0.4, -0.2) is 18.3 Å². The lowest BCUT2D eigenvalue weighted by atomic mass is 9.99. The standard InChI is InChI=1S/C17H20O3/c1-3-19-17(20-4-2)16-12-14(18)10-11-15(16)13-8-6-5-7-9-13/h5-12,17-18H,3-4H2,1-2H3. The molecule has 106 valence electrons. The second-order valence-electron chi connectivity index (χ2n) is 4.38. The van der Waals surface area contributed by atoms with E-state index in [4.69, 9.17) is 9.47 Å². The van der Waals surface area contributed by atoms with Crippen LogP contribution in [0, 0.1) is 0 Å². The van der Waals surface area contributed by atoms with E-state index in [-0.39, 0.29) is 5.75 Å². The average molecular weight is 272 g/mol. The minimum atomic E-state index is -0.465. The third-order valence-corrected chi connectivity index (χ3v) is 3.01. The highest BCUT2D eigenvalue weighted by atomic mass is 16.7. The van der Waals surface area contributed by atoms with Gasteiger partial charge in [-0.2, -0.15) is 0 Å². The Balaban J connectivity index is 2.47. The van der Waals surface area contributed by atoms with E-state index in [0.29, 0.717) is 13.2 Å². The molecule has 0 fully saturated rings. The molecular formula is C17H20O3. The Kier molecular flexibility index (Phi) is 5.16. The fourth-order valence-electron chi connectivity index (χ4n) is 2.16. The number of phenolic OH excluding ortho intramolecular Hbond substituents is 1. The summed E-state index contributed by atoms with van der Waals surface area (Å²) >= 11 is 0. The second-order valence-corrected chi connectivity index (χ2v) is 4.38. The Hall–Kier alpha value is -1.84. The number of rotatable bonds is 6. The molecule has 0 spiro atoms. The summed E-state index contributed by atoms with van der Waals surface area (Å²) in [5.74, 6) is 0.212. The van der Waals surface area contributed by atoms with E-state index in [2.05, 4.69) is 0 Å². The summed E-state index contributed by atoms with van der Waals surface area (Å²) in [4.78, 5) is 0. The normalized spacial score (nSPS) is 10.9. The first-order valence-corrected chi connectivity index (χ1v) is 6.87. The summed E-state index contributed by atoms with van der Waals surface area (Å²) in [6, 6.07) is 15.3. The lowest BCUT2D eigenvalue weighted by molar-refractivity contribution is -0.140. The molecule has 0 saturated heterocycles. The molecule has 0 saturated carbocycles. The molecule has 2 aromatic rings. The molecule has 0 aliphatic heterocycles. The number of phenols is 1. The van der Waals surface area contributed by atoms with Gasteiger partial charge in [-0.15, -0.1) is 0 Å². The van der Waals surface area contributed by atoms with Gasteiger partial charge in [-0.3, -0.25) is 0 Å². The molecule has 0 aromatic heterocycles. The van der Waals surface area contributed by atoms with Crippen molar-refractivity contribution in [2.75, 3.05) is 13.2 Å². The van der Waals surface area contributed by atoms with Crippen LogP contribution in [0.3, 0.4) is 0 Å². The Bertz CT molecular complexity index is 531. The molecular weight excluding hydrogens is 252 g/mol. The lowest BCUT2D eigenvalue weighted by Gasteiger charge is -2.20. The first-order chi connectivity index (χ1) is 9.76. The van der Waals surface area contributed by atoms with Crippen LogP contribution in [0.5, 0.6) is 5.75 Å². The van der Waals surface area contributed by atoms with Crippen molar-refractivity contribution in [2.45, 2.75) is 20.1 Å². The van der Waals surface area contributed by atoms with Gasteiger partial charge in [0.1, 0.15) is 5.75 Å². The SMILES string of the molecule is CCOC(OCC)c1cc(O)ccc1-c1ccccc1. The maximum Gasteiger partial charge on any atom is 0.184 e. The van der Waals surface area contributed by atoms with Gasteiger partial charge < -0.3 is 14.6 Å². The summed E-state index contributed by atoms with van der Waals surface area (Å²) in [7, 11) is 0. The number of ether oxygens (including phenoxy) is 2. The molecule has 0 unspecified atom stereocenters. The molecule has 2 aromatic carbocycles. The maximum absolute atomic E-state index is 9.76. The zero-order chi connectivity index (χ0) is 14.4. The van der Waals surface area contributed by atoms with Gasteiger partial charge in [0.15, 0.2) is 6.29 Å². The molecule has 0 bridgehead atoms. The number of hydrogen-bond acceptors (Lipinski definition) is 3. The van der Waals surface area contributed by atoms with Gasteiger partial charge in [0.05, 0.1) is 0 Å². The van der Waals surface area contributed by atoms with E-state index in [9.17, 15) is 5.11 Å². The minimum Gasteiger partial charge on any atom is -0.508 e. The molecule has 0 amide bonds. The zero-order valence-corrected chi connectivity index (χ0v) is 11.9. The molecule has 3 nitrogen and oxygen atoms in total. The number of benzene rings is 2. The Labute approximate surface area is 119 Å². The van der Waals surface area contributed by atoms with Crippen LogP contribution >= 0.6 is 0 Å². The molecule has 0 heterocycles. The number of aromatic hydroxyl groups is 1. The summed E-state index contributed by atoms with van der Waals surface area (Å²) in [6.45, 7) is 4.96. The van der Waals surface area contributed by atoms with Crippen LogP contribution in [0.1, 0.15) is 25.7 Å². The smallest absolute Gasteiger partial charge is 0.184 e. The third kappa shape index (κ3) is 3.38. The van der Waals surface area contributed by atoms with Crippen molar-refractivity contribution >= 4 is 0 Å². The van der Waals surface area contributed by atoms with Gasteiger partial charge >= 0.3 is 0 Å². The van der Waals surface area contributed by atoms with Crippen LogP contribution in [0.4, 0.5) is 0 Å². The van der Waals surface area contributed by atoms with Crippen LogP contribution in [0.15, 0.2) is 48.5 Å². The second kappa shape index (κ2) is 7.08. The zero-order valence-electron chi connectivity index (χ0n) is 11.9. The van der Waals surface area contributed by atoms with Crippen molar-refractivity contribution in [2.24, 2.45) is 0 Å². The summed E-state index contributed by atoms with van der Waals surface area (Å²) in [6.07, 6.45) is -0.465. The predicted octanol–water partition coefficient (Wildman–Crippen LogP) is 4.13. The quantitative estimate of drug-likeness (QED) is 0.803. The maximum atomic E-state index is 9.76. The van der Waals surface area contributed by atoms with E-state index in [0.717, 1.165) is 16.7 Å². The van der Waals surface area contributed by atoms with Crippen molar-refractivity contribution in [1.82, 2.24) is 0 Å². The van der Waals surface area contributed by atoms with Gasteiger partial charge in [-0.05, 0) is 37.1 Å². The van der Waals surface area contributed by atoms with Gasteiger partial charge in [-0.1, -0.05) is 36.4 Å². The van der Waals surface area contributed by atoms with Gasteiger partial charge in [0, 0.05) is 18.8 Å². The van der Waals surface area contributed by atoms with Crippen LogP contribution in [-0.2, 0) is 9.47 Å². The van der Waals surface area contributed by atoms with Gasteiger partial charge in [0.2, 0.25) is 0 Å². The molecule has 0 atom stereocenters. The molecule has 0 aliphatic rings. The van der Waals surface area contributed by atoms with Crippen LogP contribution in [0.25, 0.3) is 11.1 Å². The van der Waals surface area contributed by atoms with Crippen molar-refractivity contribution < 1.29 is 14.6 Å². The lowest BCUT2D eigenvalue weighted by Crippen LogP contribution is -2.10. The van der Waals surface area contributed by atoms with E-state index in [1.54, 1.807) is 12.1 Å². The van der Waals surface area contributed by atoms with Crippen LogP contribution in [0.2, 0.25) is 0 Å². The topological polar surface area (TPSA) is 38.7 Å². The molecule has 20 heavy (non-hydrogen) atoms. The Morgan fingerprint density at radius 2 is 1.60 bits per heavy atom. The summed E-state index contributed by atoms with van der Waals surface area (Å²) in [5.41, 5.74) is 2.93. The molecule has 3 heteroatoms. The Morgan fingerprint density at radius 1 is 0.950 bits per heavy atom. The first-order valence-electron chi connectivity index (χ1n) is 6.87.